The van der Waals surface area contributed by atoms with Crippen molar-refractivity contribution in [3.63, 3.8) is 0 Å². The van der Waals surface area contributed by atoms with Gasteiger partial charge in [0.25, 0.3) is 0 Å². The molecule has 0 amide bonds. The number of benzene rings is 1. The van der Waals surface area contributed by atoms with Crippen LogP contribution in [0.2, 0.25) is 5.02 Å². The molecule has 0 bridgehead atoms. The quantitative estimate of drug-likeness (QED) is 0.803. The van der Waals surface area contributed by atoms with Crippen LogP contribution in [0.3, 0.4) is 0 Å². The van der Waals surface area contributed by atoms with Gasteiger partial charge >= 0.3 is 0 Å². The van der Waals surface area contributed by atoms with Gasteiger partial charge < -0.3 is 4.90 Å². The third-order valence-corrected chi connectivity index (χ3v) is 3.40. The molecular weight excluding hydrogens is 222 g/mol. The molecule has 16 heavy (non-hydrogen) atoms. The Morgan fingerprint density at radius 1 is 1.38 bits per heavy atom. The lowest BCUT2D eigenvalue weighted by atomic mass is 9.94. The van der Waals surface area contributed by atoms with E-state index in [4.69, 9.17) is 11.6 Å². The topological polar surface area (TPSA) is 20.3 Å². The Hall–Kier alpha value is -0.860. The second-order valence-corrected chi connectivity index (χ2v) is 4.81. The van der Waals surface area contributed by atoms with Crippen molar-refractivity contribution in [2.75, 3.05) is 19.6 Å². The van der Waals surface area contributed by atoms with Gasteiger partial charge in [-0.15, -0.1) is 0 Å². The van der Waals surface area contributed by atoms with Gasteiger partial charge in [-0.05, 0) is 44.1 Å². The molecule has 1 fully saturated rings. The summed E-state index contributed by atoms with van der Waals surface area (Å²) in [6, 6.07) is 7.61. The Labute approximate surface area is 101 Å². The predicted molar refractivity (Wildman–Crippen MR) is 65.9 cm³/mol. The van der Waals surface area contributed by atoms with Crippen molar-refractivity contribution in [2.24, 2.45) is 0 Å². The molecule has 1 aromatic rings. The zero-order valence-electron chi connectivity index (χ0n) is 9.45. The first-order valence-electron chi connectivity index (χ1n) is 5.65. The third kappa shape index (κ3) is 2.63. The van der Waals surface area contributed by atoms with Gasteiger partial charge in [-0.2, -0.15) is 0 Å². The molecule has 3 heteroatoms. The first-order chi connectivity index (χ1) is 7.66. The highest BCUT2D eigenvalue weighted by Gasteiger charge is 2.23. The average Bonchev–Trinajstić information content (AvgIpc) is 2.18. The summed E-state index contributed by atoms with van der Waals surface area (Å²) in [4.78, 5) is 14.0. The maximum absolute atomic E-state index is 11.6. The van der Waals surface area contributed by atoms with E-state index in [2.05, 4.69) is 4.90 Å². The van der Waals surface area contributed by atoms with Gasteiger partial charge in [0.05, 0.1) is 5.92 Å². The number of carbonyl (C=O) groups is 1. The van der Waals surface area contributed by atoms with Crippen LogP contribution >= 0.6 is 11.6 Å². The second kappa shape index (κ2) is 4.98. The van der Waals surface area contributed by atoms with E-state index in [1.165, 1.54) is 6.42 Å². The molecule has 0 spiro atoms. The van der Waals surface area contributed by atoms with Crippen molar-refractivity contribution >= 4 is 17.4 Å². The fourth-order valence-corrected chi connectivity index (χ4v) is 2.11. The van der Waals surface area contributed by atoms with Gasteiger partial charge in [-0.1, -0.05) is 23.7 Å². The first kappa shape index (κ1) is 11.6. The van der Waals surface area contributed by atoms with Gasteiger partial charge in [0, 0.05) is 11.6 Å². The molecular formula is C13H16ClNO. The summed E-state index contributed by atoms with van der Waals surface area (Å²) >= 11 is 5.84. The number of likely N-dealkylation sites (tertiary alicyclic amines) is 1. The summed E-state index contributed by atoms with van der Waals surface area (Å²) in [6.45, 7) is 4.75. The van der Waals surface area contributed by atoms with Crippen LogP contribution in [-0.2, 0) is 4.79 Å². The van der Waals surface area contributed by atoms with E-state index in [-0.39, 0.29) is 11.7 Å². The predicted octanol–water partition coefficient (Wildman–Crippen LogP) is 2.72. The molecule has 0 saturated carbocycles. The largest absolute Gasteiger partial charge is 0.302 e. The lowest BCUT2D eigenvalue weighted by molar-refractivity contribution is -0.119. The van der Waals surface area contributed by atoms with Crippen LogP contribution in [0.1, 0.15) is 24.8 Å². The van der Waals surface area contributed by atoms with Crippen LogP contribution in [0.25, 0.3) is 0 Å². The highest BCUT2D eigenvalue weighted by molar-refractivity contribution is 6.30. The molecule has 1 heterocycles. The molecule has 2 nitrogen and oxygen atoms in total. The van der Waals surface area contributed by atoms with Crippen LogP contribution in [-0.4, -0.2) is 30.3 Å². The maximum Gasteiger partial charge on any atom is 0.138 e. The standard InChI is InChI=1S/C13H16ClNO/c1-10(16)13(9-15-7-2-8-15)11-3-5-12(14)6-4-11/h3-6,13H,2,7-9H2,1H3. The summed E-state index contributed by atoms with van der Waals surface area (Å²) in [5.74, 6) is 0.229. The minimum atomic E-state index is -0.00225. The summed E-state index contributed by atoms with van der Waals surface area (Å²) in [7, 11) is 0. The lowest BCUT2D eigenvalue weighted by Crippen LogP contribution is -2.41. The normalized spacial score (nSPS) is 17.9. The Morgan fingerprint density at radius 2 is 2.00 bits per heavy atom. The fourth-order valence-electron chi connectivity index (χ4n) is 1.99. The van der Waals surface area contributed by atoms with Crippen LogP contribution in [0.15, 0.2) is 24.3 Å². The van der Waals surface area contributed by atoms with Crippen molar-refractivity contribution < 1.29 is 4.79 Å². The molecule has 0 N–H and O–H groups in total. The van der Waals surface area contributed by atoms with E-state index in [9.17, 15) is 4.79 Å². The van der Waals surface area contributed by atoms with Crippen LogP contribution in [0.5, 0.6) is 0 Å². The smallest absolute Gasteiger partial charge is 0.138 e. The number of hydrogen-bond acceptors (Lipinski definition) is 2. The zero-order valence-corrected chi connectivity index (χ0v) is 10.2. The Kier molecular flexibility index (Phi) is 3.62. The summed E-state index contributed by atoms with van der Waals surface area (Å²) in [5, 5.41) is 0.718. The Balaban J connectivity index is 2.11. The van der Waals surface area contributed by atoms with Gasteiger partial charge in [-0.3, -0.25) is 4.79 Å². The first-order valence-corrected chi connectivity index (χ1v) is 6.03. The SMILES string of the molecule is CC(=O)C(CN1CCC1)c1ccc(Cl)cc1. The number of ketones is 1. The number of carbonyl (C=O) groups excluding carboxylic acids is 1. The van der Waals surface area contributed by atoms with Gasteiger partial charge in [0.1, 0.15) is 5.78 Å². The van der Waals surface area contributed by atoms with Gasteiger partial charge in [-0.25, -0.2) is 0 Å². The maximum atomic E-state index is 11.6. The van der Waals surface area contributed by atoms with Gasteiger partial charge in [0.15, 0.2) is 0 Å². The van der Waals surface area contributed by atoms with Crippen LogP contribution < -0.4 is 0 Å². The lowest BCUT2D eigenvalue weighted by Gasteiger charge is -2.33. The molecule has 0 aromatic heterocycles. The van der Waals surface area contributed by atoms with Gasteiger partial charge in [0.2, 0.25) is 0 Å². The highest BCUT2D eigenvalue weighted by Crippen LogP contribution is 2.22. The Bertz CT molecular complexity index is 370. The molecule has 0 radical (unpaired) electrons. The van der Waals surface area contributed by atoms with E-state index >= 15 is 0 Å². The van der Waals surface area contributed by atoms with Crippen molar-refractivity contribution in [1.82, 2.24) is 4.90 Å². The van der Waals surface area contributed by atoms with Crippen LogP contribution in [0.4, 0.5) is 0 Å². The minimum absolute atomic E-state index is 0.00225. The van der Waals surface area contributed by atoms with Crippen molar-refractivity contribution in [1.29, 1.82) is 0 Å². The zero-order chi connectivity index (χ0) is 11.5. The van der Waals surface area contributed by atoms with E-state index < -0.39 is 0 Å². The summed E-state index contributed by atoms with van der Waals surface area (Å²) in [5.41, 5.74) is 1.07. The molecule has 86 valence electrons. The van der Waals surface area contributed by atoms with Crippen molar-refractivity contribution in [3.05, 3.63) is 34.9 Å². The van der Waals surface area contributed by atoms with Crippen molar-refractivity contribution in [2.45, 2.75) is 19.3 Å². The van der Waals surface area contributed by atoms with Crippen LogP contribution in [0, 0.1) is 0 Å². The minimum Gasteiger partial charge on any atom is -0.302 e. The molecule has 0 aliphatic carbocycles. The highest BCUT2D eigenvalue weighted by atomic mass is 35.5. The monoisotopic (exact) mass is 237 g/mol. The number of hydrogen-bond donors (Lipinski definition) is 0. The molecule has 1 aromatic carbocycles. The number of rotatable bonds is 4. The van der Waals surface area contributed by atoms with E-state index in [1.54, 1.807) is 6.92 Å². The number of halogens is 1. The van der Waals surface area contributed by atoms with E-state index in [0.717, 1.165) is 30.2 Å². The molecule has 1 saturated heterocycles. The Morgan fingerprint density at radius 3 is 2.44 bits per heavy atom. The molecule has 1 atom stereocenters. The van der Waals surface area contributed by atoms with Crippen molar-refractivity contribution in [3.8, 4) is 0 Å². The summed E-state index contributed by atoms with van der Waals surface area (Å²) < 4.78 is 0. The molecule has 1 unspecified atom stereocenters. The third-order valence-electron chi connectivity index (χ3n) is 3.15. The van der Waals surface area contributed by atoms with E-state index in [0.29, 0.717) is 0 Å². The average molecular weight is 238 g/mol. The number of Topliss-reactive ketones (excluding diaryl/α,β-unsaturated/α-hetero) is 1. The second-order valence-electron chi connectivity index (χ2n) is 4.37. The fraction of sp³-hybridized carbons (Fsp3) is 0.462. The summed E-state index contributed by atoms with van der Waals surface area (Å²) in [6.07, 6.45) is 1.26. The van der Waals surface area contributed by atoms with E-state index in [1.807, 2.05) is 24.3 Å². The number of nitrogens with zero attached hydrogens (tertiary/aromatic N) is 1. The molecule has 1 aliphatic rings. The molecule has 1 aliphatic heterocycles. The molecule has 2 rings (SSSR count).